The number of ether oxygens (including phenoxy) is 1. The Bertz CT molecular complexity index is 757. The Kier molecular flexibility index (Phi) is 6.95. The molecule has 1 amide bonds. The zero-order chi connectivity index (χ0) is 19.1. The van der Waals surface area contributed by atoms with E-state index in [1.807, 2.05) is 38.1 Å². The molecule has 0 saturated heterocycles. The lowest BCUT2D eigenvalue weighted by Gasteiger charge is -2.22. The third-order valence-electron chi connectivity index (χ3n) is 4.27. The van der Waals surface area contributed by atoms with Crippen molar-refractivity contribution in [2.45, 2.75) is 40.5 Å². The van der Waals surface area contributed by atoms with Gasteiger partial charge in [-0.25, -0.2) is 9.97 Å². The molecule has 0 bridgehead atoms. The fourth-order valence-electron chi connectivity index (χ4n) is 2.83. The average molecular weight is 356 g/mol. The molecule has 0 radical (unpaired) electrons. The number of hydrogen-bond donors (Lipinski definition) is 1. The molecule has 6 heteroatoms. The molecule has 6 nitrogen and oxygen atoms in total. The Morgan fingerprint density at radius 3 is 2.50 bits per heavy atom. The lowest BCUT2D eigenvalue weighted by Crippen LogP contribution is -2.32. The van der Waals surface area contributed by atoms with Crippen LogP contribution in [0, 0.1) is 6.92 Å². The van der Waals surface area contributed by atoms with Crippen LogP contribution >= 0.6 is 0 Å². The van der Waals surface area contributed by atoms with E-state index >= 15 is 0 Å². The van der Waals surface area contributed by atoms with Crippen LogP contribution in [0.2, 0.25) is 0 Å². The second kappa shape index (κ2) is 9.17. The van der Waals surface area contributed by atoms with Crippen molar-refractivity contribution < 1.29 is 9.53 Å². The summed E-state index contributed by atoms with van der Waals surface area (Å²) >= 11 is 0. The van der Waals surface area contributed by atoms with Gasteiger partial charge in [0.2, 0.25) is 5.95 Å². The molecule has 1 aromatic carbocycles. The molecule has 0 aliphatic heterocycles. The van der Waals surface area contributed by atoms with Gasteiger partial charge in [-0.1, -0.05) is 25.5 Å². The van der Waals surface area contributed by atoms with Crippen LogP contribution in [0.1, 0.15) is 49.7 Å². The molecule has 26 heavy (non-hydrogen) atoms. The summed E-state index contributed by atoms with van der Waals surface area (Å²) in [6.07, 6.45) is 2.01. The summed E-state index contributed by atoms with van der Waals surface area (Å²) in [7, 11) is 0. The topological polar surface area (TPSA) is 81.3 Å². The highest BCUT2D eigenvalue weighted by Crippen LogP contribution is 2.33. The van der Waals surface area contributed by atoms with Crippen LogP contribution in [0.3, 0.4) is 0 Å². The summed E-state index contributed by atoms with van der Waals surface area (Å²) in [5.41, 5.74) is 8.24. The Morgan fingerprint density at radius 1 is 1.15 bits per heavy atom. The molecule has 0 atom stereocenters. The first-order chi connectivity index (χ1) is 12.5. The smallest absolute Gasteiger partial charge is 0.257 e. The number of rotatable bonds is 8. The van der Waals surface area contributed by atoms with Crippen LogP contribution in [-0.2, 0) is 0 Å². The Balaban J connectivity index is 2.58. The standard InChI is InChI=1S/C20H28N4O2/c1-5-8-13-26-16-12-10-9-11-15(16)18-17(14(4)22-20(21)23-18)19(25)24(6-2)7-3/h9-12H,5-8,13H2,1-4H3,(H2,21,22,23). The molecule has 2 rings (SSSR count). The minimum absolute atomic E-state index is 0.0918. The van der Waals surface area contributed by atoms with Crippen LogP contribution in [0.5, 0.6) is 5.75 Å². The zero-order valence-corrected chi connectivity index (χ0v) is 16.1. The Labute approximate surface area is 155 Å². The minimum Gasteiger partial charge on any atom is -0.493 e. The number of benzene rings is 1. The predicted molar refractivity (Wildman–Crippen MR) is 104 cm³/mol. The van der Waals surface area contributed by atoms with E-state index in [2.05, 4.69) is 16.9 Å². The van der Waals surface area contributed by atoms with E-state index in [0.29, 0.717) is 42.4 Å². The molecule has 0 spiro atoms. The van der Waals surface area contributed by atoms with Gasteiger partial charge in [-0.3, -0.25) is 4.79 Å². The minimum atomic E-state index is -0.0918. The van der Waals surface area contributed by atoms with Crippen molar-refractivity contribution in [3.63, 3.8) is 0 Å². The first-order valence-electron chi connectivity index (χ1n) is 9.18. The number of unbranched alkanes of at least 4 members (excludes halogenated alkanes) is 1. The van der Waals surface area contributed by atoms with Gasteiger partial charge in [-0.2, -0.15) is 0 Å². The number of anilines is 1. The average Bonchev–Trinajstić information content (AvgIpc) is 2.62. The summed E-state index contributed by atoms with van der Waals surface area (Å²) < 4.78 is 5.93. The van der Waals surface area contributed by atoms with Gasteiger partial charge in [0.25, 0.3) is 5.91 Å². The maximum Gasteiger partial charge on any atom is 0.257 e. The van der Waals surface area contributed by atoms with Crippen molar-refractivity contribution in [2.24, 2.45) is 0 Å². The third kappa shape index (κ3) is 4.31. The van der Waals surface area contributed by atoms with Crippen molar-refractivity contribution in [3.05, 3.63) is 35.5 Å². The largest absolute Gasteiger partial charge is 0.493 e. The molecule has 2 aromatic rings. The number of nitrogen functional groups attached to an aromatic ring is 1. The van der Waals surface area contributed by atoms with E-state index in [1.165, 1.54) is 0 Å². The quantitative estimate of drug-likeness (QED) is 0.730. The molecule has 2 N–H and O–H groups in total. The number of para-hydroxylation sites is 1. The highest BCUT2D eigenvalue weighted by Gasteiger charge is 2.24. The van der Waals surface area contributed by atoms with E-state index in [1.54, 1.807) is 11.8 Å². The molecule has 0 fully saturated rings. The lowest BCUT2D eigenvalue weighted by molar-refractivity contribution is 0.0772. The van der Waals surface area contributed by atoms with Crippen molar-refractivity contribution >= 4 is 11.9 Å². The van der Waals surface area contributed by atoms with Crippen molar-refractivity contribution in [1.82, 2.24) is 14.9 Å². The summed E-state index contributed by atoms with van der Waals surface area (Å²) in [6.45, 7) is 9.67. The van der Waals surface area contributed by atoms with Crippen molar-refractivity contribution in [1.29, 1.82) is 0 Å². The van der Waals surface area contributed by atoms with Crippen molar-refractivity contribution in [3.8, 4) is 17.0 Å². The third-order valence-corrected chi connectivity index (χ3v) is 4.27. The number of hydrogen-bond acceptors (Lipinski definition) is 5. The zero-order valence-electron chi connectivity index (χ0n) is 16.1. The second-order valence-corrected chi connectivity index (χ2v) is 6.07. The van der Waals surface area contributed by atoms with E-state index < -0.39 is 0 Å². The maximum absolute atomic E-state index is 13.1. The Hall–Kier alpha value is -2.63. The number of aromatic nitrogens is 2. The van der Waals surface area contributed by atoms with Crippen LogP contribution in [0.4, 0.5) is 5.95 Å². The first kappa shape index (κ1) is 19.7. The van der Waals surface area contributed by atoms with Crippen LogP contribution in [0.25, 0.3) is 11.3 Å². The van der Waals surface area contributed by atoms with E-state index in [9.17, 15) is 4.79 Å². The van der Waals surface area contributed by atoms with Gasteiger partial charge in [0.05, 0.1) is 23.6 Å². The molecular weight excluding hydrogens is 328 g/mol. The normalized spacial score (nSPS) is 10.6. The number of nitrogens with zero attached hydrogens (tertiary/aromatic N) is 3. The molecule has 140 valence electrons. The summed E-state index contributed by atoms with van der Waals surface area (Å²) in [5, 5.41) is 0. The monoisotopic (exact) mass is 356 g/mol. The van der Waals surface area contributed by atoms with Crippen LogP contribution in [0.15, 0.2) is 24.3 Å². The number of carbonyl (C=O) groups is 1. The number of nitrogens with two attached hydrogens (primary N) is 1. The number of aryl methyl sites for hydroxylation is 1. The maximum atomic E-state index is 13.1. The fraction of sp³-hybridized carbons (Fsp3) is 0.450. The molecule has 1 aromatic heterocycles. The molecule has 0 unspecified atom stereocenters. The van der Waals surface area contributed by atoms with Gasteiger partial charge in [0, 0.05) is 18.7 Å². The van der Waals surface area contributed by atoms with Crippen LogP contribution < -0.4 is 10.5 Å². The molecular formula is C20H28N4O2. The lowest BCUT2D eigenvalue weighted by atomic mass is 10.0. The highest BCUT2D eigenvalue weighted by atomic mass is 16.5. The SMILES string of the molecule is CCCCOc1ccccc1-c1nc(N)nc(C)c1C(=O)N(CC)CC. The van der Waals surface area contributed by atoms with Gasteiger partial charge in [0.1, 0.15) is 5.75 Å². The van der Waals surface area contributed by atoms with Gasteiger partial charge in [-0.05, 0) is 39.3 Å². The van der Waals surface area contributed by atoms with Gasteiger partial charge >= 0.3 is 0 Å². The van der Waals surface area contributed by atoms with E-state index in [-0.39, 0.29) is 11.9 Å². The number of amides is 1. The van der Waals surface area contributed by atoms with E-state index in [4.69, 9.17) is 10.5 Å². The molecule has 0 aliphatic rings. The highest BCUT2D eigenvalue weighted by molar-refractivity contribution is 6.01. The van der Waals surface area contributed by atoms with Gasteiger partial charge in [0.15, 0.2) is 0 Å². The fourth-order valence-corrected chi connectivity index (χ4v) is 2.83. The summed E-state index contributed by atoms with van der Waals surface area (Å²) in [6, 6.07) is 7.61. The molecule has 1 heterocycles. The molecule has 0 saturated carbocycles. The first-order valence-corrected chi connectivity index (χ1v) is 9.18. The van der Waals surface area contributed by atoms with Gasteiger partial charge < -0.3 is 15.4 Å². The predicted octanol–water partition coefficient (Wildman–Crippen LogP) is 3.70. The summed E-state index contributed by atoms with van der Waals surface area (Å²) in [4.78, 5) is 23.4. The Morgan fingerprint density at radius 2 is 1.85 bits per heavy atom. The van der Waals surface area contributed by atoms with E-state index in [0.717, 1.165) is 18.4 Å². The number of carbonyl (C=O) groups excluding carboxylic acids is 1. The van der Waals surface area contributed by atoms with Crippen molar-refractivity contribution in [2.75, 3.05) is 25.4 Å². The molecule has 0 aliphatic carbocycles. The second-order valence-electron chi connectivity index (χ2n) is 6.07. The summed E-state index contributed by atoms with van der Waals surface area (Å²) in [5.74, 6) is 0.759. The van der Waals surface area contributed by atoms with Gasteiger partial charge in [-0.15, -0.1) is 0 Å². The van der Waals surface area contributed by atoms with Crippen LogP contribution in [-0.4, -0.2) is 40.5 Å².